The molecule has 6 heteroatoms. The van der Waals surface area contributed by atoms with E-state index in [1.807, 2.05) is 36.4 Å². The van der Waals surface area contributed by atoms with Gasteiger partial charge in [-0.25, -0.2) is 9.78 Å². The number of esters is 1. The van der Waals surface area contributed by atoms with Gasteiger partial charge in [-0.15, -0.1) is 0 Å². The summed E-state index contributed by atoms with van der Waals surface area (Å²) in [6.45, 7) is 5.78. The number of fused-ring (bicyclic) bond motifs is 1. The first kappa shape index (κ1) is 19.5. The number of nitrogens with one attached hydrogen (secondary N) is 1. The van der Waals surface area contributed by atoms with Crippen molar-refractivity contribution in [2.45, 2.75) is 32.7 Å². The minimum Gasteiger partial charge on any atom is -0.467 e. The fourth-order valence-electron chi connectivity index (χ4n) is 2.95. The molecule has 2 aromatic heterocycles. The molecule has 0 saturated heterocycles. The summed E-state index contributed by atoms with van der Waals surface area (Å²) in [6.07, 6.45) is 1.68. The number of carbonyl (C=O) groups excluding carboxylic acids is 2. The highest BCUT2D eigenvalue weighted by molar-refractivity contribution is 6.08. The Balaban J connectivity index is 2.14. The number of rotatable bonds is 5. The number of methoxy groups -OCH3 is 1. The van der Waals surface area contributed by atoms with Crippen molar-refractivity contribution >= 4 is 22.8 Å². The zero-order valence-electron chi connectivity index (χ0n) is 16.4. The molecule has 3 aromatic rings. The zero-order chi connectivity index (χ0) is 20.3. The minimum absolute atomic E-state index is 0.310. The lowest BCUT2D eigenvalue weighted by Gasteiger charge is -2.15. The fourth-order valence-corrected chi connectivity index (χ4v) is 2.95. The molecule has 2 heterocycles. The Morgan fingerprint density at radius 2 is 1.82 bits per heavy atom. The maximum atomic E-state index is 13.0. The molecule has 0 bridgehead atoms. The first-order valence-electron chi connectivity index (χ1n) is 9.15. The normalized spacial score (nSPS) is 12.0. The van der Waals surface area contributed by atoms with Gasteiger partial charge in [0.25, 0.3) is 5.91 Å². The van der Waals surface area contributed by atoms with Crippen LogP contribution in [0.15, 0.2) is 48.7 Å². The van der Waals surface area contributed by atoms with Crippen LogP contribution in [0.3, 0.4) is 0 Å². The summed E-state index contributed by atoms with van der Waals surface area (Å²) < 4.78 is 4.70. The Morgan fingerprint density at radius 1 is 1.04 bits per heavy atom. The molecule has 1 amide bonds. The van der Waals surface area contributed by atoms with Crippen molar-refractivity contribution < 1.29 is 14.3 Å². The van der Waals surface area contributed by atoms with Crippen LogP contribution in [0.25, 0.3) is 22.3 Å². The van der Waals surface area contributed by atoms with Crippen molar-refractivity contribution in [3.63, 3.8) is 0 Å². The predicted molar refractivity (Wildman–Crippen MR) is 108 cm³/mol. The second kappa shape index (κ2) is 8.17. The number of ether oxygens (including phenoxy) is 1. The van der Waals surface area contributed by atoms with Gasteiger partial charge in [0.2, 0.25) is 0 Å². The lowest BCUT2D eigenvalue weighted by atomic mass is 9.97. The van der Waals surface area contributed by atoms with Gasteiger partial charge < -0.3 is 10.1 Å². The van der Waals surface area contributed by atoms with E-state index in [9.17, 15) is 9.59 Å². The lowest BCUT2D eigenvalue weighted by molar-refractivity contribution is -0.142. The average Bonchev–Trinajstić information content (AvgIpc) is 2.72. The molecule has 0 aliphatic carbocycles. The van der Waals surface area contributed by atoms with E-state index in [0.29, 0.717) is 28.4 Å². The van der Waals surface area contributed by atoms with Crippen molar-refractivity contribution in [3.8, 4) is 11.4 Å². The van der Waals surface area contributed by atoms with Crippen LogP contribution in [0.5, 0.6) is 0 Å². The molecule has 144 valence electrons. The highest BCUT2D eigenvalue weighted by Gasteiger charge is 2.20. The third kappa shape index (κ3) is 4.01. The summed E-state index contributed by atoms with van der Waals surface area (Å²) in [7, 11) is 1.29. The number of nitrogens with zero attached hydrogens (tertiary/aromatic N) is 2. The monoisotopic (exact) mass is 377 g/mol. The average molecular weight is 377 g/mol. The molecule has 3 rings (SSSR count). The lowest BCUT2D eigenvalue weighted by Crippen LogP contribution is -2.39. The zero-order valence-corrected chi connectivity index (χ0v) is 16.4. The van der Waals surface area contributed by atoms with E-state index in [1.54, 1.807) is 19.2 Å². The van der Waals surface area contributed by atoms with Gasteiger partial charge in [0.05, 0.1) is 29.6 Å². The third-order valence-corrected chi connectivity index (χ3v) is 4.57. The number of hydrogen-bond acceptors (Lipinski definition) is 5. The summed E-state index contributed by atoms with van der Waals surface area (Å²) in [5, 5.41) is 3.44. The first-order chi connectivity index (χ1) is 13.4. The van der Waals surface area contributed by atoms with Crippen LogP contribution in [0.2, 0.25) is 0 Å². The van der Waals surface area contributed by atoms with Crippen molar-refractivity contribution in [3.05, 3.63) is 59.8 Å². The predicted octanol–water partition coefficient (Wildman–Crippen LogP) is 3.71. The number of carbonyl (C=O) groups is 2. The largest absolute Gasteiger partial charge is 0.467 e. The van der Waals surface area contributed by atoms with Crippen molar-refractivity contribution in [2.75, 3.05) is 7.11 Å². The van der Waals surface area contributed by atoms with E-state index in [-0.39, 0.29) is 5.91 Å². The van der Waals surface area contributed by atoms with E-state index in [0.717, 1.165) is 10.9 Å². The smallest absolute Gasteiger partial charge is 0.328 e. The molecule has 0 aliphatic heterocycles. The molecular weight excluding hydrogens is 354 g/mol. The fraction of sp³-hybridized carbons (Fsp3) is 0.273. The topological polar surface area (TPSA) is 81.2 Å². The van der Waals surface area contributed by atoms with E-state index in [2.05, 4.69) is 29.1 Å². The van der Waals surface area contributed by atoms with E-state index >= 15 is 0 Å². The Kier molecular flexibility index (Phi) is 5.68. The molecule has 0 radical (unpaired) electrons. The van der Waals surface area contributed by atoms with Gasteiger partial charge >= 0.3 is 5.97 Å². The summed E-state index contributed by atoms with van der Waals surface area (Å²) in [5.74, 6) is -0.548. The molecule has 1 aromatic carbocycles. The maximum absolute atomic E-state index is 13.0. The number of aromatic nitrogens is 2. The molecule has 6 nitrogen and oxygen atoms in total. The molecule has 0 spiro atoms. The van der Waals surface area contributed by atoms with E-state index in [4.69, 9.17) is 4.74 Å². The highest BCUT2D eigenvalue weighted by Crippen LogP contribution is 2.27. The van der Waals surface area contributed by atoms with Gasteiger partial charge in [-0.1, -0.05) is 26.0 Å². The van der Waals surface area contributed by atoms with Crippen LogP contribution >= 0.6 is 0 Å². The second-order valence-electron chi connectivity index (χ2n) is 6.92. The number of amides is 1. The molecule has 28 heavy (non-hydrogen) atoms. The van der Waals surface area contributed by atoms with Gasteiger partial charge in [-0.05, 0) is 48.7 Å². The molecule has 1 N–H and O–H groups in total. The Bertz CT molecular complexity index is 1020. The number of benzene rings is 1. The Labute approximate surface area is 164 Å². The Morgan fingerprint density at radius 3 is 2.46 bits per heavy atom. The van der Waals surface area contributed by atoms with E-state index in [1.165, 1.54) is 7.11 Å². The van der Waals surface area contributed by atoms with E-state index < -0.39 is 12.0 Å². The van der Waals surface area contributed by atoms with Crippen LogP contribution in [-0.4, -0.2) is 35.0 Å². The van der Waals surface area contributed by atoms with Gasteiger partial charge in [0, 0.05) is 11.6 Å². The van der Waals surface area contributed by atoms with Crippen LogP contribution in [0.1, 0.15) is 42.6 Å². The van der Waals surface area contributed by atoms with Gasteiger partial charge in [0.1, 0.15) is 6.04 Å². The summed E-state index contributed by atoms with van der Waals surface area (Å²) in [5.41, 5.74) is 3.52. The van der Waals surface area contributed by atoms with Crippen molar-refractivity contribution in [2.24, 2.45) is 0 Å². The maximum Gasteiger partial charge on any atom is 0.328 e. The highest BCUT2D eigenvalue weighted by atomic mass is 16.5. The van der Waals surface area contributed by atoms with Crippen LogP contribution in [0, 0.1) is 0 Å². The number of pyridine rings is 2. The van der Waals surface area contributed by atoms with Crippen LogP contribution in [-0.2, 0) is 9.53 Å². The van der Waals surface area contributed by atoms with Crippen LogP contribution in [0.4, 0.5) is 0 Å². The number of hydrogen-bond donors (Lipinski definition) is 1. The van der Waals surface area contributed by atoms with Crippen LogP contribution < -0.4 is 5.32 Å². The second-order valence-corrected chi connectivity index (χ2v) is 6.92. The molecule has 1 atom stereocenters. The summed E-state index contributed by atoms with van der Waals surface area (Å²) in [6, 6.07) is 12.4. The van der Waals surface area contributed by atoms with Gasteiger partial charge in [0.15, 0.2) is 0 Å². The molecular formula is C22H23N3O3. The first-order valence-corrected chi connectivity index (χ1v) is 9.15. The standard InChI is InChI=1S/C22H23N3O3/c1-13(2)15-8-9-18-16(11-15)17(21(26)24-14(3)22(27)28-4)12-20(25-18)19-7-5-6-10-23-19/h5-14H,1-4H3,(H,24,26)/t14-/m0/s1. The van der Waals surface area contributed by atoms with Gasteiger partial charge in [-0.3, -0.25) is 9.78 Å². The third-order valence-electron chi connectivity index (χ3n) is 4.57. The molecule has 0 saturated carbocycles. The quantitative estimate of drug-likeness (QED) is 0.686. The van der Waals surface area contributed by atoms with Crippen molar-refractivity contribution in [1.29, 1.82) is 0 Å². The van der Waals surface area contributed by atoms with Gasteiger partial charge in [-0.2, -0.15) is 0 Å². The van der Waals surface area contributed by atoms with Crippen molar-refractivity contribution in [1.82, 2.24) is 15.3 Å². The SMILES string of the molecule is COC(=O)[C@H](C)NC(=O)c1cc(-c2ccccn2)nc2ccc(C(C)C)cc12. The summed E-state index contributed by atoms with van der Waals surface area (Å²) >= 11 is 0. The molecule has 0 aliphatic rings. The minimum atomic E-state index is -0.757. The molecule has 0 unspecified atom stereocenters. The molecule has 0 fully saturated rings. The Hall–Kier alpha value is -3.28. The summed E-state index contributed by atoms with van der Waals surface area (Å²) in [4.78, 5) is 33.7.